The van der Waals surface area contributed by atoms with E-state index in [4.69, 9.17) is 9.47 Å². The van der Waals surface area contributed by atoms with E-state index in [2.05, 4.69) is 5.32 Å². The summed E-state index contributed by atoms with van der Waals surface area (Å²) in [7, 11) is -2.43. The number of nitrogens with zero attached hydrogens (tertiary/aromatic N) is 1. The van der Waals surface area contributed by atoms with Crippen molar-refractivity contribution in [3.05, 3.63) is 54.1 Å². The van der Waals surface area contributed by atoms with Crippen LogP contribution in [-0.2, 0) is 21.2 Å². The van der Waals surface area contributed by atoms with Gasteiger partial charge in [0.15, 0.2) is 11.5 Å². The Balaban J connectivity index is 1.55. The van der Waals surface area contributed by atoms with Gasteiger partial charge in [0.1, 0.15) is 13.2 Å². The minimum atomic E-state index is -3.82. The van der Waals surface area contributed by atoms with E-state index in [1.165, 1.54) is 24.7 Å². The van der Waals surface area contributed by atoms with Crippen LogP contribution in [0.4, 0.5) is 0 Å². The van der Waals surface area contributed by atoms with Crippen LogP contribution >= 0.6 is 0 Å². The summed E-state index contributed by atoms with van der Waals surface area (Å²) in [5.41, 5.74) is 1.20. The summed E-state index contributed by atoms with van der Waals surface area (Å²) in [6.07, 6.45) is 1.61. The molecule has 0 spiro atoms. The Kier molecular flexibility index (Phi) is 6.76. The summed E-state index contributed by atoms with van der Waals surface area (Å²) >= 11 is 0. The molecule has 1 heterocycles. The van der Waals surface area contributed by atoms with Gasteiger partial charge in [-0.25, -0.2) is 8.42 Å². The summed E-state index contributed by atoms with van der Waals surface area (Å²) in [6, 6.07) is 14.4. The smallest absolute Gasteiger partial charge is 0.243 e. The van der Waals surface area contributed by atoms with Crippen molar-refractivity contribution < 1.29 is 22.7 Å². The number of rotatable bonds is 8. The molecule has 0 saturated carbocycles. The number of fused-ring (bicyclic) bond motifs is 1. The lowest BCUT2D eigenvalue weighted by atomic mass is 10.1. The molecule has 0 saturated heterocycles. The summed E-state index contributed by atoms with van der Waals surface area (Å²) < 4.78 is 37.5. The van der Waals surface area contributed by atoms with E-state index in [1.807, 2.05) is 37.3 Å². The zero-order chi connectivity index (χ0) is 20.9. The number of nitrogens with one attached hydrogen (secondary N) is 1. The first-order valence-electron chi connectivity index (χ1n) is 9.55. The number of carbonyl (C=O) groups excluding carboxylic acids is 1. The lowest BCUT2D eigenvalue weighted by Crippen LogP contribution is -2.41. The molecule has 2 aromatic carbocycles. The SMILES string of the molecule is CC(CCc1ccccc1)NC(=O)CN(C)S(=O)(=O)c1ccc2c(c1)OCCO2. The molecular weight excluding hydrogens is 392 g/mol. The van der Waals surface area contributed by atoms with Crippen molar-refractivity contribution in [1.29, 1.82) is 0 Å². The molecule has 0 aliphatic carbocycles. The van der Waals surface area contributed by atoms with Gasteiger partial charge < -0.3 is 14.8 Å². The number of likely N-dealkylation sites (N-methyl/N-ethyl adjacent to an activating group) is 1. The van der Waals surface area contributed by atoms with Crippen LogP contribution in [0.3, 0.4) is 0 Å². The molecule has 1 aliphatic rings. The second-order valence-corrected chi connectivity index (χ2v) is 9.10. The van der Waals surface area contributed by atoms with Gasteiger partial charge in [0, 0.05) is 19.2 Å². The van der Waals surface area contributed by atoms with Crippen LogP contribution in [0.2, 0.25) is 0 Å². The number of hydrogen-bond donors (Lipinski definition) is 1. The first-order valence-corrected chi connectivity index (χ1v) is 11.0. The fourth-order valence-electron chi connectivity index (χ4n) is 3.07. The van der Waals surface area contributed by atoms with Gasteiger partial charge in [-0.1, -0.05) is 30.3 Å². The number of hydrogen-bond acceptors (Lipinski definition) is 5. The van der Waals surface area contributed by atoms with Gasteiger partial charge in [0.05, 0.1) is 11.4 Å². The molecular formula is C21H26N2O5S. The van der Waals surface area contributed by atoms with Crippen LogP contribution in [0.1, 0.15) is 18.9 Å². The van der Waals surface area contributed by atoms with Gasteiger partial charge in [-0.05, 0) is 37.5 Å². The molecule has 7 nitrogen and oxygen atoms in total. The van der Waals surface area contributed by atoms with Crippen molar-refractivity contribution in [2.24, 2.45) is 0 Å². The quantitative estimate of drug-likeness (QED) is 0.711. The average molecular weight is 419 g/mol. The zero-order valence-corrected chi connectivity index (χ0v) is 17.4. The molecule has 1 aliphatic heterocycles. The Bertz CT molecular complexity index is 947. The van der Waals surface area contributed by atoms with Crippen molar-refractivity contribution in [2.75, 3.05) is 26.8 Å². The fourth-order valence-corrected chi connectivity index (χ4v) is 4.21. The summed E-state index contributed by atoms with van der Waals surface area (Å²) in [5, 5.41) is 2.86. The Morgan fingerprint density at radius 3 is 2.52 bits per heavy atom. The fraction of sp³-hybridized carbons (Fsp3) is 0.381. The van der Waals surface area contributed by atoms with Gasteiger partial charge >= 0.3 is 0 Å². The van der Waals surface area contributed by atoms with Gasteiger partial charge in [0.2, 0.25) is 15.9 Å². The maximum absolute atomic E-state index is 12.8. The third-order valence-electron chi connectivity index (χ3n) is 4.70. The molecule has 0 aromatic heterocycles. The molecule has 1 unspecified atom stereocenters. The number of amides is 1. The van der Waals surface area contributed by atoms with E-state index in [-0.39, 0.29) is 23.4 Å². The Morgan fingerprint density at radius 2 is 1.79 bits per heavy atom. The molecule has 1 N–H and O–H groups in total. The Labute approximate surface area is 171 Å². The molecule has 0 radical (unpaired) electrons. The number of sulfonamides is 1. The topological polar surface area (TPSA) is 84.9 Å². The molecule has 1 atom stereocenters. The largest absolute Gasteiger partial charge is 0.486 e. The van der Waals surface area contributed by atoms with Crippen LogP contribution in [-0.4, -0.2) is 51.5 Å². The highest BCUT2D eigenvalue weighted by molar-refractivity contribution is 7.89. The molecule has 2 aromatic rings. The van der Waals surface area contributed by atoms with Crippen LogP contribution in [0.15, 0.2) is 53.4 Å². The van der Waals surface area contributed by atoms with E-state index in [0.717, 1.165) is 17.1 Å². The molecule has 1 amide bonds. The third-order valence-corrected chi connectivity index (χ3v) is 6.50. The highest BCUT2D eigenvalue weighted by Gasteiger charge is 2.25. The standard InChI is InChI=1S/C21H26N2O5S/c1-16(8-9-17-6-4-3-5-7-17)22-21(24)15-23(2)29(25,26)18-10-11-19-20(14-18)28-13-12-27-19/h3-7,10-11,14,16H,8-9,12-13,15H2,1-2H3,(H,22,24). The van der Waals surface area contributed by atoms with Crippen molar-refractivity contribution in [3.63, 3.8) is 0 Å². The van der Waals surface area contributed by atoms with E-state index in [1.54, 1.807) is 6.07 Å². The highest BCUT2D eigenvalue weighted by Crippen LogP contribution is 2.32. The summed E-state index contributed by atoms with van der Waals surface area (Å²) in [6.45, 7) is 2.46. The van der Waals surface area contributed by atoms with E-state index < -0.39 is 10.0 Å². The van der Waals surface area contributed by atoms with E-state index in [0.29, 0.717) is 24.7 Å². The summed E-state index contributed by atoms with van der Waals surface area (Å²) in [4.78, 5) is 12.4. The van der Waals surface area contributed by atoms with Gasteiger partial charge in [0.25, 0.3) is 0 Å². The molecule has 156 valence electrons. The van der Waals surface area contributed by atoms with E-state index >= 15 is 0 Å². The number of ether oxygens (including phenoxy) is 2. The molecule has 29 heavy (non-hydrogen) atoms. The number of aryl methyl sites for hydroxylation is 1. The Hall–Kier alpha value is -2.58. The second kappa shape index (κ2) is 9.28. The molecule has 3 rings (SSSR count). The van der Waals surface area contributed by atoms with Crippen LogP contribution in [0.5, 0.6) is 11.5 Å². The van der Waals surface area contributed by atoms with E-state index in [9.17, 15) is 13.2 Å². The predicted octanol–water partition coefficient (Wildman–Crippen LogP) is 2.22. The second-order valence-electron chi connectivity index (χ2n) is 7.06. The van der Waals surface area contributed by atoms with Gasteiger partial charge in [-0.2, -0.15) is 4.31 Å². The highest BCUT2D eigenvalue weighted by atomic mass is 32.2. The van der Waals surface area contributed by atoms with Crippen LogP contribution < -0.4 is 14.8 Å². The molecule has 0 fully saturated rings. The Morgan fingerprint density at radius 1 is 1.10 bits per heavy atom. The first-order chi connectivity index (χ1) is 13.9. The summed E-state index contributed by atoms with van der Waals surface area (Å²) in [5.74, 6) is 0.571. The van der Waals surface area contributed by atoms with Crippen molar-refractivity contribution in [1.82, 2.24) is 9.62 Å². The monoisotopic (exact) mass is 418 g/mol. The van der Waals surface area contributed by atoms with Crippen molar-refractivity contribution >= 4 is 15.9 Å². The predicted molar refractivity (Wildman–Crippen MR) is 110 cm³/mol. The van der Waals surface area contributed by atoms with Crippen LogP contribution in [0, 0.1) is 0 Å². The minimum absolute atomic E-state index is 0.0619. The minimum Gasteiger partial charge on any atom is -0.486 e. The van der Waals surface area contributed by atoms with Gasteiger partial charge in [-0.15, -0.1) is 0 Å². The first kappa shape index (κ1) is 21.1. The zero-order valence-electron chi connectivity index (χ0n) is 16.6. The average Bonchev–Trinajstić information content (AvgIpc) is 2.72. The third kappa shape index (κ3) is 5.48. The maximum Gasteiger partial charge on any atom is 0.243 e. The number of benzene rings is 2. The normalized spacial score (nSPS) is 14.4. The van der Waals surface area contributed by atoms with Crippen LogP contribution in [0.25, 0.3) is 0 Å². The number of carbonyl (C=O) groups is 1. The molecule has 8 heteroatoms. The maximum atomic E-state index is 12.8. The lowest BCUT2D eigenvalue weighted by Gasteiger charge is -2.21. The van der Waals surface area contributed by atoms with Crippen molar-refractivity contribution in [3.8, 4) is 11.5 Å². The lowest BCUT2D eigenvalue weighted by molar-refractivity contribution is -0.121. The van der Waals surface area contributed by atoms with Crippen molar-refractivity contribution in [2.45, 2.75) is 30.7 Å². The molecule has 0 bridgehead atoms. The van der Waals surface area contributed by atoms with Gasteiger partial charge in [-0.3, -0.25) is 4.79 Å².